The van der Waals surface area contributed by atoms with Crippen molar-refractivity contribution in [2.75, 3.05) is 0 Å². The van der Waals surface area contributed by atoms with Gasteiger partial charge in [-0.2, -0.15) is 5.10 Å². The normalized spacial score (nSPS) is 10.6. The summed E-state index contributed by atoms with van der Waals surface area (Å²) >= 11 is 5.89. The van der Waals surface area contributed by atoms with Crippen molar-refractivity contribution in [3.05, 3.63) is 40.3 Å². The summed E-state index contributed by atoms with van der Waals surface area (Å²) in [5.74, 6) is 0.943. The highest BCUT2D eigenvalue weighted by atomic mass is 35.5. The molecule has 0 aliphatic heterocycles. The van der Waals surface area contributed by atoms with E-state index in [1.54, 1.807) is 18.5 Å². The molecule has 5 nitrogen and oxygen atoms in total. The molecule has 0 saturated heterocycles. The summed E-state index contributed by atoms with van der Waals surface area (Å²) in [6.45, 7) is 4.47. The minimum atomic E-state index is 0.356. The molecule has 2 heterocycles. The molecule has 20 heavy (non-hydrogen) atoms. The van der Waals surface area contributed by atoms with E-state index in [1.165, 1.54) is 0 Å². The van der Waals surface area contributed by atoms with Crippen LogP contribution in [-0.4, -0.2) is 15.2 Å². The zero-order chi connectivity index (χ0) is 14.5. The number of nitrogens with zero attached hydrogens (tertiary/aromatic N) is 3. The number of nitrogens with two attached hydrogens (primary N) is 1. The molecule has 0 aliphatic carbocycles. The van der Waals surface area contributed by atoms with E-state index in [9.17, 15) is 0 Å². The molecule has 0 spiro atoms. The Morgan fingerprint density at radius 1 is 1.15 bits per heavy atom. The Hall–Kier alpha value is -1.72. The van der Waals surface area contributed by atoms with E-state index in [2.05, 4.69) is 22.1 Å². The van der Waals surface area contributed by atoms with Gasteiger partial charge < -0.3 is 10.5 Å². The van der Waals surface area contributed by atoms with Gasteiger partial charge in [0.25, 0.3) is 0 Å². The SMILES string of the molecule is CCc1nnc(Oc2cncc(Cl)c2)c(CN)c1CC. The summed E-state index contributed by atoms with van der Waals surface area (Å²) in [6, 6.07) is 1.68. The summed E-state index contributed by atoms with van der Waals surface area (Å²) in [7, 11) is 0. The van der Waals surface area contributed by atoms with Crippen molar-refractivity contribution >= 4 is 11.6 Å². The topological polar surface area (TPSA) is 73.9 Å². The number of ether oxygens (including phenoxy) is 1. The van der Waals surface area contributed by atoms with Crippen molar-refractivity contribution in [2.24, 2.45) is 5.73 Å². The molecule has 0 bridgehead atoms. The van der Waals surface area contributed by atoms with Crippen molar-refractivity contribution in [2.45, 2.75) is 33.2 Å². The van der Waals surface area contributed by atoms with E-state index in [0.29, 0.717) is 23.2 Å². The van der Waals surface area contributed by atoms with Gasteiger partial charge in [0.15, 0.2) is 0 Å². The molecule has 2 rings (SSSR count). The zero-order valence-electron chi connectivity index (χ0n) is 11.6. The Labute approximate surface area is 123 Å². The second-order valence-electron chi connectivity index (χ2n) is 4.26. The number of rotatable bonds is 5. The number of halogens is 1. The highest BCUT2D eigenvalue weighted by molar-refractivity contribution is 6.30. The number of pyridine rings is 1. The third-order valence-electron chi connectivity index (χ3n) is 3.02. The van der Waals surface area contributed by atoms with Crippen molar-refractivity contribution in [3.63, 3.8) is 0 Å². The van der Waals surface area contributed by atoms with Gasteiger partial charge in [-0.15, -0.1) is 5.10 Å². The lowest BCUT2D eigenvalue weighted by atomic mass is 10.0. The Kier molecular flexibility index (Phi) is 4.87. The van der Waals surface area contributed by atoms with Crippen LogP contribution in [-0.2, 0) is 19.4 Å². The van der Waals surface area contributed by atoms with E-state index in [0.717, 1.165) is 29.7 Å². The summed E-state index contributed by atoms with van der Waals surface area (Å²) in [6.07, 6.45) is 4.78. The third kappa shape index (κ3) is 3.05. The molecule has 0 aliphatic rings. The fraction of sp³-hybridized carbons (Fsp3) is 0.357. The van der Waals surface area contributed by atoms with E-state index in [1.807, 2.05) is 6.92 Å². The lowest BCUT2D eigenvalue weighted by Gasteiger charge is -2.14. The zero-order valence-corrected chi connectivity index (χ0v) is 12.3. The van der Waals surface area contributed by atoms with Gasteiger partial charge in [0.2, 0.25) is 5.88 Å². The smallest absolute Gasteiger partial charge is 0.243 e. The summed E-state index contributed by atoms with van der Waals surface area (Å²) in [4.78, 5) is 3.98. The van der Waals surface area contributed by atoms with E-state index < -0.39 is 0 Å². The number of hydrogen-bond acceptors (Lipinski definition) is 5. The molecule has 0 fully saturated rings. The summed E-state index contributed by atoms with van der Waals surface area (Å²) < 4.78 is 5.72. The van der Waals surface area contributed by atoms with Crippen molar-refractivity contribution < 1.29 is 4.74 Å². The Bertz CT molecular complexity index is 604. The van der Waals surface area contributed by atoms with Crippen LogP contribution < -0.4 is 10.5 Å². The lowest BCUT2D eigenvalue weighted by molar-refractivity contribution is 0.443. The van der Waals surface area contributed by atoms with Crippen LogP contribution in [0.2, 0.25) is 5.02 Å². The van der Waals surface area contributed by atoms with Gasteiger partial charge in [0.1, 0.15) is 5.75 Å². The van der Waals surface area contributed by atoms with Gasteiger partial charge in [-0.25, -0.2) is 0 Å². The van der Waals surface area contributed by atoms with E-state index in [4.69, 9.17) is 22.1 Å². The minimum absolute atomic E-state index is 0.356. The fourth-order valence-corrected chi connectivity index (χ4v) is 2.25. The van der Waals surface area contributed by atoms with Crippen LogP contribution in [0.1, 0.15) is 30.7 Å². The van der Waals surface area contributed by atoms with Crippen molar-refractivity contribution in [1.82, 2.24) is 15.2 Å². The molecule has 2 aromatic rings. The van der Waals surface area contributed by atoms with Crippen LogP contribution in [0.15, 0.2) is 18.5 Å². The van der Waals surface area contributed by atoms with Crippen LogP contribution >= 0.6 is 11.6 Å². The van der Waals surface area contributed by atoms with Crippen molar-refractivity contribution in [3.8, 4) is 11.6 Å². The maximum Gasteiger partial charge on any atom is 0.243 e. The molecule has 0 amide bonds. The van der Waals surface area contributed by atoms with Gasteiger partial charge >= 0.3 is 0 Å². The Balaban J connectivity index is 2.41. The van der Waals surface area contributed by atoms with Gasteiger partial charge in [-0.05, 0) is 18.4 Å². The Morgan fingerprint density at radius 3 is 2.55 bits per heavy atom. The monoisotopic (exact) mass is 292 g/mol. The molecule has 0 aromatic carbocycles. The van der Waals surface area contributed by atoms with Crippen LogP contribution in [0, 0.1) is 0 Å². The van der Waals surface area contributed by atoms with Crippen LogP contribution in [0.25, 0.3) is 0 Å². The largest absolute Gasteiger partial charge is 0.436 e. The second-order valence-corrected chi connectivity index (χ2v) is 4.70. The number of hydrogen-bond donors (Lipinski definition) is 1. The first kappa shape index (κ1) is 14.7. The summed E-state index contributed by atoms with van der Waals surface area (Å²) in [5, 5.41) is 8.85. The van der Waals surface area contributed by atoms with Gasteiger partial charge in [0, 0.05) is 24.4 Å². The van der Waals surface area contributed by atoms with Gasteiger partial charge in [0.05, 0.1) is 16.9 Å². The van der Waals surface area contributed by atoms with Gasteiger partial charge in [-0.3, -0.25) is 4.98 Å². The molecule has 0 saturated carbocycles. The first-order valence-electron chi connectivity index (χ1n) is 6.55. The van der Waals surface area contributed by atoms with Crippen molar-refractivity contribution in [1.29, 1.82) is 0 Å². The molecule has 0 atom stereocenters. The molecule has 106 valence electrons. The second kappa shape index (κ2) is 6.63. The third-order valence-corrected chi connectivity index (χ3v) is 3.23. The molecule has 2 aromatic heterocycles. The Morgan fingerprint density at radius 2 is 1.95 bits per heavy atom. The van der Waals surface area contributed by atoms with Crippen LogP contribution in [0.4, 0.5) is 0 Å². The quantitative estimate of drug-likeness (QED) is 0.917. The minimum Gasteiger partial charge on any atom is -0.436 e. The van der Waals surface area contributed by atoms with E-state index >= 15 is 0 Å². The highest BCUT2D eigenvalue weighted by Crippen LogP contribution is 2.27. The molecule has 0 unspecified atom stereocenters. The first-order chi connectivity index (χ1) is 9.69. The fourth-order valence-electron chi connectivity index (χ4n) is 2.08. The van der Waals surface area contributed by atoms with Crippen LogP contribution in [0.5, 0.6) is 11.6 Å². The number of aromatic nitrogens is 3. The molecule has 2 N–H and O–H groups in total. The highest BCUT2D eigenvalue weighted by Gasteiger charge is 2.15. The summed E-state index contributed by atoms with van der Waals surface area (Å²) in [5.41, 5.74) is 8.80. The predicted molar refractivity (Wildman–Crippen MR) is 78.0 cm³/mol. The standard InChI is InChI=1S/C14H17ClN4O/c1-3-11-12(6-16)14(19-18-13(11)4-2)20-10-5-9(15)7-17-8-10/h5,7-8H,3-4,6,16H2,1-2H3. The molecular formula is C14H17ClN4O. The maximum atomic E-state index is 5.89. The molecule has 6 heteroatoms. The molecular weight excluding hydrogens is 276 g/mol. The lowest BCUT2D eigenvalue weighted by Crippen LogP contribution is -2.10. The predicted octanol–water partition coefficient (Wildman–Crippen LogP) is 2.90. The first-order valence-corrected chi connectivity index (χ1v) is 6.93. The van der Waals surface area contributed by atoms with Gasteiger partial charge in [-0.1, -0.05) is 25.4 Å². The maximum absolute atomic E-state index is 5.89. The average molecular weight is 293 g/mol. The average Bonchev–Trinajstić information content (AvgIpc) is 2.46. The molecule has 0 radical (unpaired) electrons. The number of aryl methyl sites for hydroxylation is 1. The van der Waals surface area contributed by atoms with E-state index in [-0.39, 0.29) is 0 Å². The van der Waals surface area contributed by atoms with Crippen LogP contribution in [0.3, 0.4) is 0 Å².